The zero-order valence-corrected chi connectivity index (χ0v) is 17.5. The highest BCUT2D eigenvalue weighted by molar-refractivity contribution is 7.91. The number of anilines is 2. The molecule has 0 aliphatic carbocycles. The van der Waals surface area contributed by atoms with Crippen LogP contribution in [0.5, 0.6) is 0 Å². The smallest absolute Gasteiger partial charge is 0.224 e. The third-order valence-electron chi connectivity index (χ3n) is 4.98. The standard InChI is InChI=1S/C21H26FN3O3S/c1-3-5-21(26)23-19-15-17(25-12-10-24(2)11-13-25)8-9-20(19)29(27,28)18-7-4-6-16(22)14-18/h4,6-9,14-15H,3,5,10-13H2,1-2H3,(H,23,26). The van der Waals surface area contributed by atoms with Crippen LogP contribution in [-0.2, 0) is 14.6 Å². The van der Waals surface area contributed by atoms with Crippen molar-refractivity contribution in [2.24, 2.45) is 0 Å². The van der Waals surface area contributed by atoms with E-state index in [0.717, 1.165) is 37.9 Å². The van der Waals surface area contributed by atoms with E-state index in [1.54, 1.807) is 12.1 Å². The Hall–Kier alpha value is -2.45. The van der Waals surface area contributed by atoms with Crippen LogP contribution in [0.4, 0.5) is 15.8 Å². The second kappa shape index (κ2) is 8.92. The normalized spacial score (nSPS) is 15.3. The summed E-state index contributed by atoms with van der Waals surface area (Å²) >= 11 is 0. The number of nitrogens with zero attached hydrogens (tertiary/aromatic N) is 2. The van der Waals surface area contributed by atoms with E-state index in [-0.39, 0.29) is 27.8 Å². The third kappa shape index (κ3) is 4.94. The molecule has 29 heavy (non-hydrogen) atoms. The van der Waals surface area contributed by atoms with Gasteiger partial charge in [-0.1, -0.05) is 13.0 Å². The van der Waals surface area contributed by atoms with Crippen molar-refractivity contribution in [2.75, 3.05) is 43.4 Å². The summed E-state index contributed by atoms with van der Waals surface area (Å²) in [6, 6.07) is 9.83. The van der Waals surface area contributed by atoms with E-state index in [2.05, 4.69) is 22.2 Å². The highest BCUT2D eigenvalue weighted by Crippen LogP contribution is 2.32. The Morgan fingerprint density at radius 1 is 1.10 bits per heavy atom. The number of carbonyl (C=O) groups excluding carboxylic acids is 1. The van der Waals surface area contributed by atoms with Gasteiger partial charge >= 0.3 is 0 Å². The lowest BCUT2D eigenvalue weighted by atomic mass is 10.2. The minimum absolute atomic E-state index is 0.0366. The maximum absolute atomic E-state index is 13.6. The first kappa shape index (κ1) is 21.3. The predicted molar refractivity (Wildman–Crippen MR) is 112 cm³/mol. The third-order valence-corrected chi connectivity index (χ3v) is 6.79. The van der Waals surface area contributed by atoms with Crippen LogP contribution in [0.2, 0.25) is 0 Å². The summed E-state index contributed by atoms with van der Waals surface area (Å²) < 4.78 is 39.9. The molecule has 8 heteroatoms. The van der Waals surface area contributed by atoms with Gasteiger partial charge in [-0.2, -0.15) is 0 Å². The van der Waals surface area contributed by atoms with Gasteiger partial charge in [-0.15, -0.1) is 0 Å². The molecule has 1 fully saturated rings. The molecule has 1 heterocycles. The Kier molecular flexibility index (Phi) is 6.54. The van der Waals surface area contributed by atoms with Crippen molar-refractivity contribution in [3.8, 4) is 0 Å². The topological polar surface area (TPSA) is 69.7 Å². The molecule has 6 nitrogen and oxygen atoms in total. The number of piperazine rings is 1. The second-order valence-electron chi connectivity index (χ2n) is 7.23. The highest BCUT2D eigenvalue weighted by atomic mass is 32.2. The molecule has 0 radical (unpaired) electrons. The maximum atomic E-state index is 13.6. The molecule has 1 amide bonds. The number of hydrogen-bond donors (Lipinski definition) is 1. The van der Waals surface area contributed by atoms with Crippen LogP contribution >= 0.6 is 0 Å². The zero-order valence-electron chi connectivity index (χ0n) is 16.7. The minimum Gasteiger partial charge on any atom is -0.369 e. The number of carbonyl (C=O) groups is 1. The molecule has 0 bridgehead atoms. The number of rotatable bonds is 6. The largest absolute Gasteiger partial charge is 0.369 e. The summed E-state index contributed by atoms with van der Waals surface area (Å²) in [6.45, 7) is 5.32. The van der Waals surface area contributed by atoms with Crippen LogP contribution in [0.15, 0.2) is 52.3 Å². The van der Waals surface area contributed by atoms with Crippen LogP contribution in [0.25, 0.3) is 0 Å². The second-order valence-corrected chi connectivity index (χ2v) is 9.15. The van der Waals surface area contributed by atoms with E-state index in [1.165, 1.54) is 24.3 Å². The average molecular weight is 420 g/mol. The molecule has 0 saturated carbocycles. The molecule has 0 atom stereocenters. The lowest BCUT2D eigenvalue weighted by molar-refractivity contribution is -0.116. The zero-order chi connectivity index (χ0) is 21.0. The Bertz CT molecular complexity index is 986. The summed E-state index contributed by atoms with van der Waals surface area (Å²) in [7, 11) is -1.93. The van der Waals surface area contributed by atoms with Crippen molar-refractivity contribution in [1.82, 2.24) is 4.90 Å². The summed E-state index contributed by atoms with van der Waals surface area (Å²) in [5.74, 6) is -0.879. The number of benzene rings is 2. The van der Waals surface area contributed by atoms with Gasteiger partial charge < -0.3 is 15.1 Å². The van der Waals surface area contributed by atoms with E-state index >= 15 is 0 Å². The van der Waals surface area contributed by atoms with Gasteiger partial charge in [-0.25, -0.2) is 12.8 Å². The molecule has 2 aromatic carbocycles. The van der Waals surface area contributed by atoms with Crippen LogP contribution in [0.3, 0.4) is 0 Å². The molecule has 0 unspecified atom stereocenters. The van der Waals surface area contributed by atoms with E-state index in [0.29, 0.717) is 6.42 Å². The lowest BCUT2D eigenvalue weighted by Crippen LogP contribution is -2.44. The molecule has 1 aliphatic heterocycles. The first-order valence-electron chi connectivity index (χ1n) is 9.69. The van der Waals surface area contributed by atoms with Crippen molar-refractivity contribution in [3.63, 3.8) is 0 Å². The number of sulfone groups is 1. The van der Waals surface area contributed by atoms with Crippen molar-refractivity contribution < 1.29 is 17.6 Å². The molecule has 2 aromatic rings. The Labute approximate surface area is 171 Å². The number of halogens is 1. The number of likely N-dealkylation sites (N-methyl/N-ethyl adjacent to an activating group) is 1. The maximum Gasteiger partial charge on any atom is 0.224 e. The average Bonchev–Trinajstić information content (AvgIpc) is 2.68. The van der Waals surface area contributed by atoms with Crippen molar-refractivity contribution in [2.45, 2.75) is 29.6 Å². The monoisotopic (exact) mass is 419 g/mol. The molecule has 1 aliphatic rings. The lowest BCUT2D eigenvalue weighted by Gasteiger charge is -2.34. The van der Waals surface area contributed by atoms with Gasteiger partial charge in [-0.05, 0) is 49.9 Å². The van der Waals surface area contributed by atoms with Crippen molar-refractivity contribution >= 4 is 27.1 Å². The molecule has 1 N–H and O–H groups in total. The first-order valence-corrected chi connectivity index (χ1v) is 11.2. The van der Waals surface area contributed by atoms with Crippen LogP contribution < -0.4 is 10.2 Å². The highest BCUT2D eigenvalue weighted by Gasteiger charge is 2.24. The SMILES string of the molecule is CCCC(=O)Nc1cc(N2CCN(C)CC2)ccc1S(=O)(=O)c1cccc(F)c1. The fourth-order valence-corrected chi connectivity index (χ4v) is 4.74. The van der Waals surface area contributed by atoms with Gasteiger partial charge in [0.25, 0.3) is 0 Å². The van der Waals surface area contributed by atoms with E-state index < -0.39 is 15.7 Å². The summed E-state index contributed by atoms with van der Waals surface area (Å²) in [5, 5.41) is 2.74. The van der Waals surface area contributed by atoms with Gasteiger partial charge in [-0.3, -0.25) is 4.79 Å². The predicted octanol–water partition coefficient (Wildman–Crippen LogP) is 3.15. The van der Waals surface area contributed by atoms with Crippen LogP contribution in [-0.4, -0.2) is 52.5 Å². The molecular weight excluding hydrogens is 393 g/mol. The Morgan fingerprint density at radius 3 is 2.48 bits per heavy atom. The number of hydrogen-bond acceptors (Lipinski definition) is 5. The van der Waals surface area contributed by atoms with Crippen LogP contribution in [0, 0.1) is 5.82 Å². The quantitative estimate of drug-likeness (QED) is 0.779. The van der Waals surface area contributed by atoms with E-state index in [4.69, 9.17) is 0 Å². The fraction of sp³-hybridized carbons (Fsp3) is 0.381. The van der Waals surface area contributed by atoms with Crippen molar-refractivity contribution in [3.05, 3.63) is 48.3 Å². The molecule has 0 aromatic heterocycles. The van der Waals surface area contributed by atoms with Crippen molar-refractivity contribution in [1.29, 1.82) is 0 Å². The number of amides is 1. The first-order chi connectivity index (χ1) is 13.8. The van der Waals surface area contributed by atoms with Crippen LogP contribution in [0.1, 0.15) is 19.8 Å². The summed E-state index contributed by atoms with van der Waals surface area (Å²) in [6.07, 6.45) is 0.939. The van der Waals surface area contributed by atoms with Gasteiger partial charge in [0.1, 0.15) is 5.82 Å². The summed E-state index contributed by atoms with van der Waals surface area (Å²) in [4.78, 5) is 16.4. The summed E-state index contributed by atoms with van der Waals surface area (Å²) in [5.41, 5.74) is 1.08. The van der Waals surface area contributed by atoms with Gasteiger partial charge in [0.15, 0.2) is 0 Å². The fourth-order valence-electron chi connectivity index (χ4n) is 3.31. The number of nitrogens with one attached hydrogen (secondary N) is 1. The molecule has 156 valence electrons. The van der Waals surface area contributed by atoms with Gasteiger partial charge in [0.05, 0.1) is 15.5 Å². The molecule has 0 spiro atoms. The van der Waals surface area contributed by atoms with E-state index in [1.807, 2.05) is 6.92 Å². The van der Waals surface area contributed by atoms with Gasteiger partial charge in [0.2, 0.25) is 15.7 Å². The minimum atomic E-state index is -3.99. The molecule has 1 saturated heterocycles. The van der Waals surface area contributed by atoms with Gasteiger partial charge in [0, 0.05) is 38.3 Å². The Balaban J connectivity index is 2.02. The van der Waals surface area contributed by atoms with E-state index in [9.17, 15) is 17.6 Å². The molecular formula is C21H26FN3O3S. The Morgan fingerprint density at radius 2 is 1.83 bits per heavy atom. The molecule has 3 rings (SSSR count).